The van der Waals surface area contributed by atoms with Crippen LogP contribution in [0.25, 0.3) is 0 Å². The lowest BCUT2D eigenvalue weighted by Gasteiger charge is -2.29. The lowest BCUT2D eigenvalue weighted by Crippen LogP contribution is -2.44. The van der Waals surface area contributed by atoms with Crippen molar-refractivity contribution in [3.8, 4) is 0 Å². The lowest BCUT2D eigenvalue weighted by atomic mass is 9.82. The summed E-state index contributed by atoms with van der Waals surface area (Å²) >= 11 is 0. The zero-order chi connectivity index (χ0) is 14.6. The molecule has 3 nitrogen and oxygen atoms in total. The molecule has 0 aromatic heterocycles. The molecule has 0 aliphatic carbocycles. The molecule has 21 heavy (non-hydrogen) atoms. The van der Waals surface area contributed by atoms with Gasteiger partial charge < -0.3 is 10.6 Å². The molecule has 1 unspecified atom stereocenters. The van der Waals surface area contributed by atoms with Crippen LogP contribution >= 0.6 is 12.4 Å². The number of aryl methyl sites for hydroxylation is 1. The summed E-state index contributed by atoms with van der Waals surface area (Å²) in [6.07, 6.45) is 2.10. The average Bonchev–Trinajstić information content (AvgIpc) is 2.46. The van der Waals surface area contributed by atoms with E-state index in [9.17, 15) is 4.79 Å². The summed E-state index contributed by atoms with van der Waals surface area (Å²) in [7, 11) is 0. The van der Waals surface area contributed by atoms with Crippen LogP contribution in [-0.4, -0.2) is 25.5 Å². The Kier molecular flexibility index (Phi) is 6.69. The minimum atomic E-state index is -0.0386. The van der Waals surface area contributed by atoms with Crippen molar-refractivity contribution < 1.29 is 4.79 Å². The largest absolute Gasteiger partial charge is 0.355 e. The number of benzene rings is 1. The predicted molar refractivity (Wildman–Crippen MR) is 90.1 cm³/mol. The fourth-order valence-corrected chi connectivity index (χ4v) is 2.96. The minimum absolute atomic E-state index is 0. The monoisotopic (exact) mass is 310 g/mol. The van der Waals surface area contributed by atoms with E-state index in [1.54, 1.807) is 0 Å². The second-order valence-electron chi connectivity index (χ2n) is 6.46. The Labute approximate surface area is 134 Å². The topological polar surface area (TPSA) is 41.1 Å². The first-order valence-electron chi connectivity index (χ1n) is 7.55. The van der Waals surface area contributed by atoms with E-state index < -0.39 is 0 Å². The zero-order valence-corrected chi connectivity index (χ0v) is 14.1. The van der Waals surface area contributed by atoms with Crippen LogP contribution in [-0.2, 0) is 10.2 Å². The first kappa shape index (κ1) is 18.0. The molecule has 0 bridgehead atoms. The molecule has 1 fully saturated rings. The van der Waals surface area contributed by atoms with Crippen molar-refractivity contribution >= 4 is 18.3 Å². The molecule has 1 saturated heterocycles. The van der Waals surface area contributed by atoms with Gasteiger partial charge in [-0.3, -0.25) is 4.79 Å². The summed E-state index contributed by atoms with van der Waals surface area (Å²) in [5.74, 6) is 0.329. The third kappa shape index (κ3) is 4.72. The zero-order valence-electron chi connectivity index (χ0n) is 13.2. The highest BCUT2D eigenvalue weighted by molar-refractivity contribution is 5.85. The summed E-state index contributed by atoms with van der Waals surface area (Å²) in [6, 6.07) is 8.41. The first-order valence-corrected chi connectivity index (χ1v) is 7.55. The van der Waals surface area contributed by atoms with Gasteiger partial charge in [-0.05, 0) is 37.4 Å². The second kappa shape index (κ2) is 7.81. The molecule has 1 aliphatic heterocycles. The standard InChI is InChI=1S/C17H26N2O.ClH/c1-13-7-4-5-9-15(13)17(2,3)12-19-16(20)14-8-6-10-18-11-14;/h4-5,7,9,14,18H,6,8,10-12H2,1-3H3,(H,19,20);1H. The van der Waals surface area contributed by atoms with Crippen LogP contribution in [0, 0.1) is 12.8 Å². The Hall–Kier alpha value is -1.06. The van der Waals surface area contributed by atoms with E-state index in [1.807, 2.05) is 0 Å². The van der Waals surface area contributed by atoms with Gasteiger partial charge in [-0.15, -0.1) is 12.4 Å². The number of carbonyl (C=O) groups excluding carboxylic acids is 1. The van der Waals surface area contributed by atoms with Crippen molar-refractivity contribution in [2.45, 2.75) is 39.0 Å². The lowest BCUT2D eigenvalue weighted by molar-refractivity contribution is -0.125. The molecule has 1 atom stereocenters. The summed E-state index contributed by atoms with van der Waals surface area (Å²) in [4.78, 5) is 12.2. The van der Waals surface area contributed by atoms with E-state index in [-0.39, 0.29) is 29.6 Å². The van der Waals surface area contributed by atoms with E-state index in [4.69, 9.17) is 0 Å². The number of amides is 1. The SMILES string of the molecule is Cc1ccccc1C(C)(C)CNC(=O)C1CCCNC1.Cl. The van der Waals surface area contributed by atoms with Crippen LogP contribution in [0.4, 0.5) is 0 Å². The predicted octanol–water partition coefficient (Wildman–Crippen LogP) is 2.81. The number of rotatable bonds is 4. The highest BCUT2D eigenvalue weighted by atomic mass is 35.5. The quantitative estimate of drug-likeness (QED) is 0.898. The molecule has 1 aromatic carbocycles. The fraction of sp³-hybridized carbons (Fsp3) is 0.588. The van der Waals surface area contributed by atoms with E-state index >= 15 is 0 Å². The van der Waals surface area contributed by atoms with E-state index in [0.717, 1.165) is 25.9 Å². The van der Waals surface area contributed by atoms with Crippen molar-refractivity contribution in [3.63, 3.8) is 0 Å². The van der Waals surface area contributed by atoms with Crippen molar-refractivity contribution in [3.05, 3.63) is 35.4 Å². The molecule has 1 amide bonds. The molecule has 1 aromatic rings. The molecule has 0 saturated carbocycles. The van der Waals surface area contributed by atoms with Crippen LogP contribution in [0.1, 0.15) is 37.8 Å². The average molecular weight is 311 g/mol. The van der Waals surface area contributed by atoms with Gasteiger partial charge >= 0.3 is 0 Å². The van der Waals surface area contributed by atoms with Gasteiger partial charge in [0.15, 0.2) is 0 Å². The van der Waals surface area contributed by atoms with Crippen LogP contribution in [0.2, 0.25) is 0 Å². The Morgan fingerprint density at radius 2 is 2.10 bits per heavy atom. The summed E-state index contributed by atoms with van der Waals surface area (Å²) in [6.45, 7) is 9.05. The van der Waals surface area contributed by atoms with Crippen molar-refractivity contribution in [2.24, 2.45) is 5.92 Å². The van der Waals surface area contributed by atoms with Crippen LogP contribution in [0.5, 0.6) is 0 Å². The van der Waals surface area contributed by atoms with Gasteiger partial charge in [0.1, 0.15) is 0 Å². The third-order valence-corrected chi connectivity index (χ3v) is 4.25. The van der Waals surface area contributed by atoms with Crippen LogP contribution in [0.3, 0.4) is 0 Å². The molecule has 0 spiro atoms. The molecule has 0 radical (unpaired) electrons. The van der Waals surface area contributed by atoms with E-state index in [2.05, 4.69) is 55.7 Å². The van der Waals surface area contributed by atoms with Gasteiger partial charge in [-0.2, -0.15) is 0 Å². The summed E-state index contributed by atoms with van der Waals surface area (Å²) in [5, 5.41) is 6.43. The second-order valence-corrected chi connectivity index (χ2v) is 6.46. The molecule has 1 aliphatic rings. The number of hydrogen-bond donors (Lipinski definition) is 2. The smallest absolute Gasteiger partial charge is 0.224 e. The maximum atomic E-state index is 12.2. The maximum absolute atomic E-state index is 12.2. The Morgan fingerprint density at radius 3 is 2.71 bits per heavy atom. The number of carbonyl (C=O) groups is 1. The van der Waals surface area contributed by atoms with Gasteiger partial charge in [-0.25, -0.2) is 0 Å². The highest BCUT2D eigenvalue weighted by Crippen LogP contribution is 2.25. The molecular weight excluding hydrogens is 284 g/mol. The molecule has 2 N–H and O–H groups in total. The number of piperidine rings is 1. The number of hydrogen-bond acceptors (Lipinski definition) is 2. The van der Waals surface area contributed by atoms with Crippen LogP contribution < -0.4 is 10.6 Å². The van der Waals surface area contributed by atoms with Gasteiger partial charge in [0, 0.05) is 18.5 Å². The van der Waals surface area contributed by atoms with Crippen LogP contribution in [0.15, 0.2) is 24.3 Å². The fourth-order valence-electron chi connectivity index (χ4n) is 2.96. The number of nitrogens with one attached hydrogen (secondary N) is 2. The highest BCUT2D eigenvalue weighted by Gasteiger charge is 2.26. The third-order valence-electron chi connectivity index (χ3n) is 4.25. The van der Waals surface area contributed by atoms with E-state index in [1.165, 1.54) is 11.1 Å². The summed E-state index contributed by atoms with van der Waals surface area (Å²) < 4.78 is 0. The van der Waals surface area contributed by atoms with Gasteiger partial charge in [0.25, 0.3) is 0 Å². The normalized spacial score (nSPS) is 18.7. The van der Waals surface area contributed by atoms with Crippen molar-refractivity contribution in [2.75, 3.05) is 19.6 Å². The molecule has 118 valence electrons. The Balaban J connectivity index is 0.00000220. The van der Waals surface area contributed by atoms with E-state index in [0.29, 0.717) is 6.54 Å². The van der Waals surface area contributed by atoms with Gasteiger partial charge in [0.2, 0.25) is 5.91 Å². The maximum Gasteiger partial charge on any atom is 0.224 e. The minimum Gasteiger partial charge on any atom is -0.355 e. The van der Waals surface area contributed by atoms with Gasteiger partial charge in [-0.1, -0.05) is 38.1 Å². The molecule has 2 rings (SSSR count). The summed E-state index contributed by atoms with van der Waals surface area (Å²) in [5.41, 5.74) is 2.55. The van der Waals surface area contributed by atoms with Crippen molar-refractivity contribution in [1.29, 1.82) is 0 Å². The Bertz CT molecular complexity index is 468. The Morgan fingerprint density at radius 1 is 1.38 bits per heavy atom. The first-order chi connectivity index (χ1) is 9.50. The molecule has 1 heterocycles. The number of halogens is 1. The molecular formula is C17H27ClN2O. The van der Waals surface area contributed by atoms with Crippen molar-refractivity contribution in [1.82, 2.24) is 10.6 Å². The molecule has 4 heteroatoms. The van der Waals surface area contributed by atoms with Gasteiger partial charge in [0.05, 0.1) is 5.92 Å².